The summed E-state index contributed by atoms with van der Waals surface area (Å²) in [6.07, 6.45) is 4.44. The van der Waals surface area contributed by atoms with Crippen molar-refractivity contribution in [1.82, 2.24) is 14.4 Å². The topological polar surface area (TPSA) is 67.5 Å². The average Bonchev–Trinajstić information content (AvgIpc) is 2.47. The van der Waals surface area contributed by atoms with Crippen molar-refractivity contribution in [1.29, 1.82) is 0 Å². The van der Waals surface area contributed by atoms with E-state index in [1.165, 1.54) is 18.7 Å². The Balaban J connectivity index is 2.79. The number of aromatic nitrogens is 3. The van der Waals surface area contributed by atoms with Gasteiger partial charge in [-0.25, -0.2) is 14.8 Å². The summed E-state index contributed by atoms with van der Waals surface area (Å²) < 4.78 is 1.56. The molecule has 0 saturated heterocycles. The number of hydrogen-bond donors (Lipinski definition) is 1. The van der Waals surface area contributed by atoms with E-state index in [-0.39, 0.29) is 5.56 Å². The van der Waals surface area contributed by atoms with Crippen LogP contribution in [0.4, 0.5) is 0 Å². The van der Waals surface area contributed by atoms with Crippen LogP contribution in [0.1, 0.15) is 10.4 Å². The van der Waals surface area contributed by atoms with Gasteiger partial charge in [0.05, 0.1) is 0 Å². The van der Waals surface area contributed by atoms with Gasteiger partial charge in [0.1, 0.15) is 18.2 Å². The Labute approximate surface area is 67.3 Å². The van der Waals surface area contributed by atoms with Gasteiger partial charge in [0.15, 0.2) is 5.65 Å². The summed E-state index contributed by atoms with van der Waals surface area (Å²) in [7, 11) is 0. The number of rotatable bonds is 1. The third kappa shape index (κ3) is 0.833. The number of carbonyl (C=O) groups is 1. The first-order chi connectivity index (χ1) is 5.79. The highest BCUT2D eigenvalue weighted by Gasteiger charge is 2.09. The first-order valence-corrected chi connectivity index (χ1v) is 3.29. The van der Waals surface area contributed by atoms with Crippen molar-refractivity contribution in [2.45, 2.75) is 0 Å². The average molecular weight is 163 g/mol. The molecule has 0 spiro atoms. The number of hydrogen-bond acceptors (Lipinski definition) is 3. The van der Waals surface area contributed by atoms with Gasteiger partial charge in [-0.2, -0.15) is 0 Å². The predicted molar refractivity (Wildman–Crippen MR) is 39.9 cm³/mol. The fourth-order valence-corrected chi connectivity index (χ4v) is 1.03. The van der Waals surface area contributed by atoms with Crippen LogP contribution in [-0.2, 0) is 0 Å². The fourth-order valence-electron chi connectivity index (χ4n) is 1.03. The first-order valence-electron chi connectivity index (χ1n) is 3.29. The largest absolute Gasteiger partial charge is 0.478 e. The normalized spacial score (nSPS) is 10.3. The van der Waals surface area contributed by atoms with Gasteiger partial charge in [-0.15, -0.1) is 0 Å². The Morgan fingerprint density at radius 3 is 3.17 bits per heavy atom. The lowest BCUT2D eigenvalue weighted by Gasteiger charge is -1.91. The molecule has 5 heteroatoms. The number of aromatic carboxylic acids is 1. The molecule has 5 nitrogen and oxygen atoms in total. The van der Waals surface area contributed by atoms with Crippen LogP contribution < -0.4 is 0 Å². The van der Waals surface area contributed by atoms with Gasteiger partial charge in [0.25, 0.3) is 0 Å². The molecular formula is C7H5N3O2. The summed E-state index contributed by atoms with van der Waals surface area (Å²) in [6.45, 7) is 0. The van der Waals surface area contributed by atoms with Crippen LogP contribution in [0.3, 0.4) is 0 Å². The van der Waals surface area contributed by atoms with Crippen molar-refractivity contribution in [3.8, 4) is 0 Å². The van der Waals surface area contributed by atoms with E-state index in [9.17, 15) is 4.79 Å². The van der Waals surface area contributed by atoms with Crippen LogP contribution >= 0.6 is 0 Å². The van der Waals surface area contributed by atoms with Gasteiger partial charge < -0.3 is 5.11 Å². The standard InChI is InChI=1S/C7H5N3O2/c11-7(12)5-1-2-10-4-8-3-9-6(5)10/h1-4H,(H,11,12). The Kier molecular flexibility index (Phi) is 1.30. The van der Waals surface area contributed by atoms with E-state index in [2.05, 4.69) is 9.97 Å². The van der Waals surface area contributed by atoms with Crippen LogP contribution in [0.25, 0.3) is 5.65 Å². The summed E-state index contributed by atoms with van der Waals surface area (Å²) >= 11 is 0. The maximum absolute atomic E-state index is 10.6. The van der Waals surface area contributed by atoms with E-state index < -0.39 is 5.97 Å². The summed E-state index contributed by atoms with van der Waals surface area (Å²) in [4.78, 5) is 18.2. The molecule has 2 aromatic rings. The minimum atomic E-state index is -0.976. The van der Waals surface area contributed by atoms with E-state index in [0.717, 1.165) is 0 Å². The van der Waals surface area contributed by atoms with Crippen LogP contribution in [0.2, 0.25) is 0 Å². The highest BCUT2D eigenvalue weighted by atomic mass is 16.4. The molecule has 0 bridgehead atoms. The summed E-state index contributed by atoms with van der Waals surface area (Å²) in [5, 5.41) is 8.70. The first kappa shape index (κ1) is 6.78. The van der Waals surface area contributed by atoms with E-state index in [1.807, 2.05) is 0 Å². The van der Waals surface area contributed by atoms with Gasteiger partial charge in [0.2, 0.25) is 0 Å². The molecule has 1 N–H and O–H groups in total. The lowest BCUT2D eigenvalue weighted by molar-refractivity contribution is 0.0699. The van der Waals surface area contributed by atoms with Gasteiger partial charge in [0, 0.05) is 6.20 Å². The minimum absolute atomic E-state index is 0.192. The molecule has 2 heterocycles. The molecule has 2 rings (SSSR count). The Morgan fingerprint density at radius 1 is 1.58 bits per heavy atom. The monoisotopic (exact) mass is 163 g/mol. The molecular weight excluding hydrogens is 158 g/mol. The predicted octanol–water partition coefficient (Wildman–Crippen LogP) is 0.427. The second-order valence-corrected chi connectivity index (χ2v) is 2.27. The number of fused-ring (bicyclic) bond motifs is 1. The Morgan fingerprint density at radius 2 is 2.42 bits per heavy atom. The quantitative estimate of drug-likeness (QED) is 0.661. The van der Waals surface area contributed by atoms with Crippen molar-refractivity contribution >= 4 is 11.6 Å². The molecule has 0 aliphatic rings. The highest BCUT2D eigenvalue weighted by molar-refractivity contribution is 5.94. The van der Waals surface area contributed by atoms with Gasteiger partial charge in [-0.05, 0) is 6.07 Å². The zero-order valence-corrected chi connectivity index (χ0v) is 6.01. The molecule has 0 unspecified atom stereocenters. The lowest BCUT2D eigenvalue weighted by Crippen LogP contribution is -1.97. The molecule has 2 aromatic heterocycles. The molecule has 60 valence electrons. The third-order valence-electron chi connectivity index (χ3n) is 1.56. The zero-order chi connectivity index (χ0) is 8.55. The molecule has 0 aliphatic carbocycles. The Bertz CT molecular complexity index is 435. The molecule has 0 amide bonds. The fraction of sp³-hybridized carbons (Fsp3) is 0. The second-order valence-electron chi connectivity index (χ2n) is 2.27. The summed E-state index contributed by atoms with van der Waals surface area (Å²) in [6, 6.07) is 1.49. The van der Waals surface area contributed by atoms with Gasteiger partial charge >= 0.3 is 5.97 Å². The van der Waals surface area contributed by atoms with Crippen molar-refractivity contribution in [3.63, 3.8) is 0 Å². The molecule has 0 radical (unpaired) electrons. The maximum atomic E-state index is 10.6. The van der Waals surface area contributed by atoms with Crippen molar-refractivity contribution in [2.75, 3.05) is 0 Å². The smallest absolute Gasteiger partial charge is 0.339 e. The van der Waals surface area contributed by atoms with E-state index in [1.54, 1.807) is 10.6 Å². The number of nitrogens with zero attached hydrogens (tertiary/aromatic N) is 3. The molecule has 0 aliphatic heterocycles. The Hall–Kier alpha value is -1.91. The number of carboxylic acids is 1. The van der Waals surface area contributed by atoms with Crippen molar-refractivity contribution in [3.05, 3.63) is 30.5 Å². The SMILES string of the molecule is O=C(O)c1ccn2cncnc12. The number of carboxylic acid groups (broad SMARTS) is 1. The van der Waals surface area contributed by atoms with E-state index >= 15 is 0 Å². The van der Waals surface area contributed by atoms with Crippen LogP contribution in [0, 0.1) is 0 Å². The minimum Gasteiger partial charge on any atom is -0.478 e. The third-order valence-corrected chi connectivity index (χ3v) is 1.56. The highest BCUT2D eigenvalue weighted by Crippen LogP contribution is 2.07. The summed E-state index contributed by atoms with van der Waals surface area (Å²) in [5.74, 6) is -0.976. The van der Waals surface area contributed by atoms with E-state index in [4.69, 9.17) is 5.11 Å². The maximum Gasteiger partial charge on any atom is 0.339 e. The zero-order valence-electron chi connectivity index (χ0n) is 6.01. The van der Waals surface area contributed by atoms with Crippen LogP contribution in [0.15, 0.2) is 24.9 Å². The lowest BCUT2D eigenvalue weighted by atomic mass is 10.3. The van der Waals surface area contributed by atoms with Gasteiger partial charge in [-0.1, -0.05) is 0 Å². The second kappa shape index (κ2) is 2.30. The van der Waals surface area contributed by atoms with Crippen molar-refractivity contribution < 1.29 is 9.90 Å². The summed E-state index contributed by atoms with van der Waals surface area (Å²) in [5.41, 5.74) is 0.606. The van der Waals surface area contributed by atoms with Crippen LogP contribution in [0.5, 0.6) is 0 Å². The molecule has 0 aromatic carbocycles. The van der Waals surface area contributed by atoms with Crippen molar-refractivity contribution in [2.24, 2.45) is 0 Å². The van der Waals surface area contributed by atoms with Crippen LogP contribution in [-0.4, -0.2) is 25.4 Å². The van der Waals surface area contributed by atoms with Gasteiger partial charge in [-0.3, -0.25) is 4.40 Å². The molecule has 0 atom stereocenters. The molecule has 0 saturated carbocycles. The molecule has 12 heavy (non-hydrogen) atoms. The molecule has 0 fully saturated rings. The van der Waals surface area contributed by atoms with E-state index in [0.29, 0.717) is 5.65 Å².